The topological polar surface area (TPSA) is 50.3 Å². The van der Waals surface area contributed by atoms with Crippen molar-refractivity contribution in [2.45, 2.75) is 24.6 Å². The van der Waals surface area contributed by atoms with Gasteiger partial charge in [0, 0.05) is 12.7 Å². The minimum absolute atomic E-state index is 0.0528. The van der Waals surface area contributed by atoms with E-state index in [1.165, 1.54) is 0 Å². The van der Waals surface area contributed by atoms with Gasteiger partial charge >= 0.3 is 0 Å². The molecule has 0 amide bonds. The van der Waals surface area contributed by atoms with Gasteiger partial charge in [0.25, 0.3) is 0 Å². The third-order valence-electron chi connectivity index (χ3n) is 3.78. The van der Waals surface area contributed by atoms with Crippen molar-refractivity contribution in [1.82, 2.24) is 9.29 Å². The van der Waals surface area contributed by atoms with Crippen LogP contribution in [0.25, 0.3) is 0 Å². The molecule has 0 N–H and O–H groups in total. The van der Waals surface area contributed by atoms with Gasteiger partial charge in [0.15, 0.2) is 0 Å². The molecule has 1 aliphatic rings. The second-order valence-electron chi connectivity index (χ2n) is 5.27. The molecule has 110 valence electrons. The Kier molecular flexibility index (Phi) is 4.03. The van der Waals surface area contributed by atoms with E-state index >= 15 is 0 Å². The second kappa shape index (κ2) is 5.95. The van der Waals surface area contributed by atoms with Crippen LogP contribution in [-0.4, -0.2) is 24.3 Å². The molecule has 0 radical (unpaired) electrons. The summed E-state index contributed by atoms with van der Waals surface area (Å²) >= 11 is 0. The number of nitrogens with zero attached hydrogens (tertiary/aromatic N) is 2. The Morgan fingerprint density at radius 1 is 1.10 bits per heavy atom. The predicted molar refractivity (Wildman–Crippen MR) is 82.0 cm³/mol. The van der Waals surface area contributed by atoms with E-state index in [4.69, 9.17) is 0 Å². The Balaban J connectivity index is 1.84. The van der Waals surface area contributed by atoms with Gasteiger partial charge in [-0.2, -0.15) is 4.31 Å². The van der Waals surface area contributed by atoms with Gasteiger partial charge in [0.05, 0.1) is 17.5 Å². The first kappa shape index (κ1) is 14.2. The van der Waals surface area contributed by atoms with Crippen LogP contribution in [0.5, 0.6) is 0 Å². The Bertz CT molecular complexity index is 687. The van der Waals surface area contributed by atoms with E-state index in [0.717, 1.165) is 24.1 Å². The van der Waals surface area contributed by atoms with Gasteiger partial charge in [-0.1, -0.05) is 36.4 Å². The summed E-state index contributed by atoms with van der Waals surface area (Å²) in [5.74, 6) is 0.0528. The summed E-state index contributed by atoms with van der Waals surface area (Å²) in [5.41, 5.74) is 1.66. The van der Waals surface area contributed by atoms with Crippen molar-refractivity contribution in [3.63, 3.8) is 0 Å². The summed E-state index contributed by atoms with van der Waals surface area (Å²) in [6, 6.07) is 14.9. The smallest absolute Gasteiger partial charge is 0.218 e. The van der Waals surface area contributed by atoms with E-state index in [2.05, 4.69) is 4.98 Å². The molecule has 1 aromatic heterocycles. The fourth-order valence-electron chi connectivity index (χ4n) is 2.81. The SMILES string of the molecule is O=S(=O)(Cc1ccccc1)N1CCCC1c1ccccn1. The summed E-state index contributed by atoms with van der Waals surface area (Å²) in [6.45, 7) is 0.580. The highest BCUT2D eigenvalue weighted by Crippen LogP contribution is 2.34. The number of aromatic nitrogens is 1. The molecular weight excluding hydrogens is 284 g/mol. The van der Waals surface area contributed by atoms with E-state index in [0.29, 0.717) is 6.54 Å². The lowest BCUT2D eigenvalue weighted by Crippen LogP contribution is -2.32. The highest BCUT2D eigenvalue weighted by molar-refractivity contribution is 7.88. The van der Waals surface area contributed by atoms with Crippen LogP contribution in [0.4, 0.5) is 0 Å². The van der Waals surface area contributed by atoms with Gasteiger partial charge in [0.1, 0.15) is 0 Å². The summed E-state index contributed by atoms with van der Waals surface area (Å²) in [6.07, 6.45) is 3.44. The van der Waals surface area contributed by atoms with E-state index < -0.39 is 10.0 Å². The molecule has 1 unspecified atom stereocenters. The highest BCUT2D eigenvalue weighted by atomic mass is 32.2. The van der Waals surface area contributed by atoms with Crippen LogP contribution < -0.4 is 0 Å². The van der Waals surface area contributed by atoms with Crippen molar-refractivity contribution < 1.29 is 8.42 Å². The Labute approximate surface area is 125 Å². The van der Waals surface area contributed by atoms with Crippen LogP contribution in [0.1, 0.15) is 30.1 Å². The number of sulfonamides is 1. The van der Waals surface area contributed by atoms with Crippen LogP contribution >= 0.6 is 0 Å². The monoisotopic (exact) mass is 302 g/mol. The van der Waals surface area contributed by atoms with E-state index in [1.54, 1.807) is 10.5 Å². The van der Waals surface area contributed by atoms with E-state index in [9.17, 15) is 8.42 Å². The van der Waals surface area contributed by atoms with Gasteiger partial charge in [0.2, 0.25) is 10.0 Å². The first-order chi connectivity index (χ1) is 10.2. The van der Waals surface area contributed by atoms with E-state index in [-0.39, 0.29) is 11.8 Å². The molecule has 0 bridgehead atoms. The number of hydrogen-bond acceptors (Lipinski definition) is 3. The Hall–Kier alpha value is -1.72. The molecule has 1 aromatic carbocycles. The molecule has 3 rings (SSSR count). The van der Waals surface area contributed by atoms with Crippen molar-refractivity contribution in [2.75, 3.05) is 6.54 Å². The largest absolute Gasteiger partial charge is 0.260 e. The quantitative estimate of drug-likeness (QED) is 0.872. The molecule has 5 heteroatoms. The van der Waals surface area contributed by atoms with Crippen LogP contribution in [0.2, 0.25) is 0 Å². The molecule has 1 atom stereocenters. The number of pyridine rings is 1. The molecule has 1 aliphatic heterocycles. The van der Waals surface area contributed by atoms with E-state index in [1.807, 2.05) is 48.5 Å². The van der Waals surface area contributed by atoms with Crippen molar-refractivity contribution in [1.29, 1.82) is 0 Å². The van der Waals surface area contributed by atoms with Gasteiger partial charge in [-0.15, -0.1) is 0 Å². The minimum atomic E-state index is -3.32. The van der Waals surface area contributed by atoms with Crippen LogP contribution in [0.3, 0.4) is 0 Å². The van der Waals surface area contributed by atoms with Crippen LogP contribution in [0.15, 0.2) is 54.7 Å². The normalized spacial score (nSPS) is 19.7. The highest BCUT2D eigenvalue weighted by Gasteiger charge is 2.35. The van der Waals surface area contributed by atoms with Crippen LogP contribution in [0, 0.1) is 0 Å². The summed E-state index contributed by atoms with van der Waals surface area (Å²) in [5, 5.41) is 0. The third-order valence-corrected chi connectivity index (χ3v) is 5.63. The lowest BCUT2D eigenvalue weighted by atomic mass is 10.1. The average molecular weight is 302 g/mol. The zero-order chi connectivity index (χ0) is 14.7. The Morgan fingerprint density at radius 3 is 2.57 bits per heavy atom. The first-order valence-electron chi connectivity index (χ1n) is 7.11. The molecule has 2 heterocycles. The van der Waals surface area contributed by atoms with Crippen LogP contribution in [-0.2, 0) is 15.8 Å². The zero-order valence-corrected chi connectivity index (χ0v) is 12.5. The molecule has 1 fully saturated rings. The van der Waals surface area contributed by atoms with Crippen molar-refractivity contribution >= 4 is 10.0 Å². The molecular formula is C16H18N2O2S. The van der Waals surface area contributed by atoms with Gasteiger partial charge in [-0.05, 0) is 30.5 Å². The molecule has 21 heavy (non-hydrogen) atoms. The zero-order valence-electron chi connectivity index (χ0n) is 11.7. The number of rotatable bonds is 4. The lowest BCUT2D eigenvalue weighted by Gasteiger charge is -2.23. The van der Waals surface area contributed by atoms with Crippen molar-refractivity contribution in [3.05, 3.63) is 66.0 Å². The maximum absolute atomic E-state index is 12.7. The van der Waals surface area contributed by atoms with Gasteiger partial charge in [-0.3, -0.25) is 4.98 Å². The van der Waals surface area contributed by atoms with Gasteiger partial charge in [-0.25, -0.2) is 8.42 Å². The lowest BCUT2D eigenvalue weighted by molar-refractivity contribution is 0.390. The average Bonchev–Trinajstić information content (AvgIpc) is 2.99. The summed E-state index contributed by atoms with van der Waals surface area (Å²) in [4.78, 5) is 4.33. The first-order valence-corrected chi connectivity index (χ1v) is 8.72. The Morgan fingerprint density at radius 2 is 1.86 bits per heavy atom. The molecule has 0 spiro atoms. The maximum Gasteiger partial charge on any atom is 0.218 e. The number of hydrogen-bond donors (Lipinski definition) is 0. The fourth-order valence-corrected chi connectivity index (χ4v) is 4.60. The predicted octanol–water partition coefficient (Wildman–Crippen LogP) is 2.75. The van der Waals surface area contributed by atoms with Gasteiger partial charge < -0.3 is 0 Å². The molecule has 0 aliphatic carbocycles. The molecule has 1 saturated heterocycles. The standard InChI is InChI=1S/C16H18N2O2S/c19-21(20,13-14-7-2-1-3-8-14)18-12-6-10-16(18)15-9-4-5-11-17-15/h1-5,7-9,11,16H,6,10,12-13H2. The van der Waals surface area contributed by atoms with Crippen molar-refractivity contribution in [3.8, 4) is 0 Å². The molecule has 2 aromatic rings. The maximum atomic E-state index is 12.7. The summed E-state index contributed by atoms with van der Waals surface area (Å²) < 4.78 is 27.0. The number of benzene rings is 1. The fraction of sp³-hybridized carbons (Fsp3) is 0.312. The third kappa shape index (κ3) is 3.14. The second-order valence-corrected chi connectivity index (χ2v) is 7.19. The minimum Gasteiger partial charge on any atom is -0.260 e. The summed E-state index contributed by atoms with van der Waals surface area (Å²) in [7, 11) is -3.32. The molecule has 4 nitrogen and oxygen atoms in total. The van der Waals surface area contributed by atoms with Crippen molar-refractivity contribution in [2.24, 2.45) is 0 Å². The molecule has 0 saturated carbocycles.